The van der Waals surface area contributed by atoms with Gasteiger partial charge in [-0.2, -0.15) is 0 Å². The monoisotopic (exact) mass is 336 g/mol. The van der Waals surface area contributed by atoms with Crippen LogP contribution in [0.4, 0.5) is 0 Å². The second kappa shape index (κ2) is 5.76. The molecular weight excluding hydrogens is 304 g/mol. The molecule has 4 nitrogen and oxygen atoms in total. The summed E-state index contributed by atoms with van der Waals surface area (Å²) in [6.45, 7) is 16.2. The molecule has 7 unspecified atom stereocenters. The van der Waals surface area contributed by atoms with Crippen molar-refractivity contribution in [3.63, 3.8) is 0 Å². The van der Waals surface area contributed by atoms with Gasteiger partial charge in [0.2, 0.25) is 0 Å². The summed E-state index contributed by atoms with van der Waals surface area (Å²) < 4.78 is 18.5. The topological polar surface area (TPSA) is 44.8 Å². The summed E-state index contributed by atoms with van der Waals surface area (Å²) >= 11 is 0. The number of esters is 1. The molecule has 0 N–H and O–H groups in total. The van der Waals surface area contributed by atoms with Crippen molar-refractivity contribution in [2.75, 3.05) is 0 Å². The molecule has 2 heterocycles. The average molecular weight is 336 g/mol. The Labute approximate surface area is 145 Å². The number of hydrogen-bond acceptors (Lipinski definition) is 4. The van der Waals surface area contributed by atoms with Gasteiger partial charge in [0.05, 0.1) is 17.0 Å². The molecule has 136 valence electrons. The Morgan fingerprint density at radius 1 is 1.12 bits per heavy atom. The first-order valence-corrected chi connectivity index (χ1v) is 9.23. The molecule has 4 rings (SSSR count). The van der Waals surface area contributed by atoms with Crippen molar-refractivity contribution in [1.82, 2.24) is 0 Å². The molecule has 0 amide bonds. The van der Waals surface area contributed by atoms with Gasteiger partial charge in [-0.3, -0.25) is 4.79 Å². The van der Waals surface area contributed by atoms with E-state index in [4.69, 9.17) is 14.2 Å². The maximum atomic E-state index is 11.6. The molecule has 2 saturated carbocycles. The first-order valence-electron chi connectivity index (χ1n) is 9.23. The largest absolute Gasteiger partial charge is 0.495 e. The Kier molecular flexibility index (Phi) is 4.26. The van der Waals surface area contributed by atoms with Gasteiger partial charge in [-0.1, -0.05) is 13.5 Å². The quantitative estimate of drug-likeness (QED) is 0.575. The van der Waals surface area contributed by atoms with E-state index in [9.17, 15) is 4.79 Å². The molecule has 2 aliphatic carbocycles. The minimum Gasteiger partial charge on any atom is -0.495 e. The van der Waals surface area contributed by atoms with Crippen LogP contribution in [0.1, 0.15) is 60.8 Å². The van der Waals surface area contributed by atoms with Gasteiger partial charge >= 0.3 is 5.97 Å². The zero-order chi connectivity index (χ0) is 17.9. The summed E-state index contributed by atoms with van der Waals surface area (Å²) in [5.74, 6) is 2.17. The summed E-state index contributed by atoms with van der Waals surface area (Å²) in [5.41, 5.74) is -0.593. The number of carbonyl (C=O) groups is 1. The van der Waals surface area contributed by atoms with Crippen LogP contribution in [0.15, 0.2) is 12.3 Å². The minimum atomic E-state index is -0.341. The highest BCUT2D eigenvalue weighted by atomic mass is 16.6. The van der Waals surface area contributed by atoms with Crippen molar-refractivity contribution in [2.24, 2.45) is 23.7 Å². The van der Waals surface area contributed by atoms with Crippen LogP contribution in [0.5, 0.6) is 0 Å². The predicted octanol–water partition coefficient (Wildman–Crippen LogP) is 4.09. The Hall–Kier alpha value is -1.03. The average Bonchev–Trinajstić information content (AvgIpc) is 2.55. The van der Waals surface area contributed by atoms with E-state index < -0.39 is 0 Å². The number of hydrogen-bond donors (Lipinski definition) is 0. The van der Waals surface area contributed by atoms with Crippen molar-refractivity contribution in [1.29, 1.82) is 0 Å². The van der Waals surface area contributed by atoms with E-state index in [1.807, 2.05) is 6.92 Å². The van der Waals surface area contributed by atoms with E-state index >= 15 is 0 Å². The Balaban J connectivity index is 1.99. The van der Waals surface area contributed by atoms with Gasteiger partial charge in [0, 0.05) is 25.2 Å². The van der Waals surface area contributed by atoms with Crippen LogP contribution in [0.25, 0.3) is 0 Å². The number of carbonyl (C=O) groups excluding carboxylic acids is 1. The molecule has 0 aromatic carbocycles. The van der Waals surface area contributed by atoms with Gasteiger partial charge in [-0.15, -0.1) is 0 Å². The second-order valence-electron chi connectivity index (χ2n) is 8.97. The van der Waals surface area contributed by atoms with Crippen molar-refractivity contribution in [2.45, 2.75) is 84.2 Å². The molecule has 2 aliphatic heterocycles. The molecular formula is C20H32O4. The third-order valence-corrected chi connectivity index (χ3v) is 6.54. The van der Waals surface area contributed by atoms with E-state index in [2.05, 4.69) is 34.3 Å². The highest BCUT2D eigenvalue weighted by Crippen LogP contribution is 2.59. The van der Waals surface area contributed by atoms with Crippen molar-refractivity contribution >= 4 is 5.97 Å². The van der Waals surface area contributed by atoms with Crippen molar-refractivity contribution in [3.05, 3.63) is 12.3 Å². The molecule has 0 spiro atoms. The standard InChI is InChI=1S/C20H32O4/c1-11(2)22-17-10-20(7)18-14(9-15(17)19(5,6)24-20)12(3)8-16(18)23-13(4)21/h12,14-18H,1,8-10H2,2-7H3. The van der Waals surface area contributed by atoms with E-state index in [0.29, 0.717) is 17.8 Å². The van der Waals surface area contributed by atoms with Crippen LogP contribution < -0.4 is 0 Å². The van der Waals surface area contributed by atoms with E-state index in [0.717, 1.165) is 25.0 Å². The predicted molar refractivity (Wildman–Crippen MR) is 92.3 cm³/mol. The third-order valence-electron chi connectivity index (χ3n) is 6.54. The van der Waals surface area contributed by atoms with Gasteiger partial charge < -0.3 is 14.2 Å². The minimum absolute atomic E-state index is 0.0503. The molecule has 0 radical (unpaired) electrons. The summed E-state index contributed by atoms with van der Waals surface area (Å²) in [5, 5.41) is 0. The maximum Gasteiger partial charge on any atom is 0.302 e. The zero-order valence-corrected chi connectivity index (χ0v) is 15.9. The van der Waals surface area contributed by atoms with Gasteiger partial charge in [-0.25, -0.2) is 0 Å². The van der Waals surface area contributed by atoms with E-state index in [1.165, 1.54) is 6.92 Å². The summed E-state index contributed by atoms with van der Waals surface area (Å²) in [6.07, 6.45) is 2.90. The lowest BCUT2D eigenvalue weighted by Gasteiger charge is -2.51. The molecule has 2 saturated heterocycles. The fourth-order valence-corrected chi connectivity index (χ4v) is 5.90. The normalized spacial score (nSPS) is 46.1. The Morgan fingerprint density at radius 3 is 2.38 bits per heavy atom. The van der Waals surface area contributed by atoms with Crippen molar-refractivity contribution in [3.8, 4) is 0 Å². The molecule has 0 aromatic rings. The lowest BCUT2D eigenvalue weighted by molar-refractivity contribution is -0.242. The molecule has 4 fully saturated rings. The van der Waals surface area contributed by atoms with Crippen LogP contribution in [0.3, 0.4) is 0 Å². The van der Waals surface area contributed by atoms with Gasteiger partial charge in [0.25, 0.3) is 0 Å². The fraction of sp³-hybridized carbons (Fsp3) is 0.850. The van der Waals surface area contributed by atoms with Gasteiger partial charge in [-0.05, 0) is 52.4 Å². The van der Waals surface area contributed by atoms with E-state index in [-0.39, 0.29) is 35.3 Å². The second-order valence-corrected chi connectivity index (χ2v) is 8.97. The van der Waals surface area contributed by atoms with Gasteiger partial charge in [0.1, 0.15) is 12.2 Å². The fourth-order valence-electron chi connectivity index (χ4n) is 5.90. The first kappa shape index (κ1) is 17.8. The number of ether oxygens (including phenoxy) is 3. The Morgan fingerprint density at radius 2 is 1.79 bits per heavy atom. The molecule has 0 aromatic heterocycles. The number of allylic oxidation sites excluding steroid dienone is 1. The third kappa shape index (κ3) is 2.87. The SMILES string of the molecule is C=C(C)OC1CC2(C)OC(C)(C)C1CC1C(C)CC(OC(C)=O)C12. The highest BCUT2D eigenvalue weighted by Gasteiger charge is 2.63. The smallest absolute Gasteiger partial charge is 0.302 e. The summed E-state index contributed by atoms with van der Waals surface area (Å²) in [4.78, 5) is 11.6. The van der Waals surface area contributed by atoms with Crippen LogP contribution in [-0.2, 0) is 19.0 Å². The van der Waals surface area contributed by atoms with Gasteiger partial charge in [0.15, 0.2) is 0 Å². The molecule has 7 atom stereocenters. The number of fused-ring (bicyclic) bond motifs is 2. The molecule has 24 heavy (non-hydrogen) atoms. The van der Waals surface area contributed by atoms with E-state index in [1.54, 1.807) is 0 Å². The van der Waals surface area contributed by atoms with Crippen LogP contribution in [0, 0.1) is 23.7 Å². The zero-order valence-electron chi connectivity index (χ0n) is 15.9. The summed E-state index contributed by atoms with van der Waals surface area (Å²) in [6, 6.07) is 0. The Bertz CT molecular complexity index is 540. The first-order chi connectivity index (χ1) is 11.0. The molecule has 4 heteroatoms. The molecule has 2 bridgehead atoms. The lowest BCUT2D eigenvalue weighted by Crippen LogP contribution is -2.57. The van der Waals surface area contributed by atoms with Crippen LogP contribution in [-0.4, -0.2) is 29.4 Å². The van der Waals surface area contributed by atoms with Crippen LogP contribution >= 0.6 is 0 Å². The van der Waals surface area contributed by atoms with Crippen LogP contribution in [0.2, 0.25) is 0 Å². The lowest BCUT2D eigenvalue weighted by atomic mass is 9.76. The summed E-state index contributed by atoms with van der Waals surface area (Å²) in [7, 11) is 0. The number of rotatable bonds is 3. The maximum absolute atomic E-state index is 11.6. The highest BCUT2D eigenvalue weighted by molar-refractivity contribution is 5.66. The molecule has 4 aliphatic rings. The van der Waals surface area contributed by atoms with Crippen molar-refractivity contribution < 1.29 is 19.0 Å².